The molecule has 0 atom stereocenters. The van der Waals surface area contributed by atoms with Crippen LogP contribution in [0.15, 0.2) is 114 Å². The second-order valence-electron chi connectivity index (χ2n) is 8.10. The van der Waals surface area contributed by atoms with Gasteiger partial charge in [-0.15, -0.1) is 0 Å². The van der Waals surface area contributed by atoms with Crippen molar-refractivity contribution >= 4 is 5.91 Å². The summed E-state index contributed by atoms with van der Waals surface area (Å²) in [5, 5.41) is 3.04. The van der Waals surface area contributed by atoms with Crippen molar-refractivity contribution in [3.05, 3.63) is 142 Å². The van der Waals surface area contributed by atoms with E-state index in [2.05, 4.69) is 29.6 Å². The first-order valence-corrected chi connectivity index (χ1v) is 11.3. The van der Waals surface area contributed by atoms with Gasteiger partial charge in [0.1, 0.15) is 0 Å². The molecular formula is C29H28N2O2. The second-order valence-corrected chi connectivity index (χ2v) is 8.10. The number of carbonyl (C=O) groups is 1. The van der Waals surface area contributed by atoms with E-state index in [1.54, 1.807) is 16.8 Å². The number of rotatable bonds is 9. The molecule has 1 heterocycles. The molecule has 4 nitrogen and oxygen atoms in total. The Morgan fingerprint density at radius 2 is 1.33 bits per heavy atom. The van der Waals surface area contributed by atoms with Crippen molar-refractivity contribution in [3.63, 3.8) is 0 Å². The average Bonchev–Trinajstić information content (AvgIpc) is 2.87. The van der Waals surface area contributed by atoms with E-state index in [0.29, 0.717) is 18.7 Å². The lowest BCUT2D eigenvalue weighted by Crippen LogP contribution is -2.28. The molecule has 1 amide bonds. The molecule has 0 unspecified atom stereocenters. The minimum Gasteiger partial charge on any atom is -0.352 e. The number of nitrogens with zero attached hydrogens (tertiary/aromatic N) is 1. The average molecular weight is 437 g/mol. The maximum Gasteiger partial charge on any atom is 0.252 e. The molecular weight excluding hydrogens is 408 g/mol. The van der Waals surface area contributed by atoms with Crippen molar-refractivity contribution in [2.45, 2.75) is 25.3 Å². The van der Waals surface area contributed by atoms with Crippen LogP contribution >= 0.6 is 0 Å². The van der Waals surface area contributed by atoms with Gasteiger partial charge in [-0.05, 0) is 35.6 Å². The molecule has 4 rings (SSSR count). The molecule has 1 aromatic heterocycles. The van der Waals surface area contributed by atoms with Crippen LogP contribution in [0, 0.1) is 0 Å². The number of pyridine rings is 1. The summed E-state index contributed by atoms with van der Waals surface area (Å²) in [5.74, 6) is 0.0378. The van der Waals surface area contributed by atoms with Gasteiger partial charge in [-0.3, -0.25) is 9.59 Å². The lowest BCUT2D eigenvalue weighted by Gasteiger charge is -2.18. The van der Waals surface area contributed by atoms with Gasteiger partial charge in [-0.25, -0.2) is 0 Å². The van der Waals surface area contributed by atoms with Gasteiger partial charge in [0.2, 0.25) is 0 Å². The van der Waals surface area contributed by atoms with Gasteiger partial charge in [-0.2, -0.15) is 0 Å². The Morgan fingerprint density at radius 3 is 1.94 bits per heavy atom. The zero-order chi connectivity index (χ0) is 22.9. The normalized spacial score (nSPS) is 10.8. The number of aryl methyl sites for hydroxylation is 2. The molecule has 0 saturated heterocycles. The Hall–Kier alpha value is -3.92. The topological polar surface area (TPSA) is 51.1 Å². The van der Waals surface area contributed by atoms with Crippen LogP contribution in [-0.4, -0.2) is 17.0 Å². The van der Waals surface area contributed by atoms with Gasteiger partial charge in [0, 0.05) is 31.3 Å². The molecule has 3 aromatic carbocycles. The summed E-state index contributed by atoms with van der Waals surface area (Å²) in [7, 11) is 0. The van der Waals surface area contributed by atoms with E-state index >= 15 is 0 Å². The van der Waals surface area contributed by atoms with Gasteiger partial charge in [0.15, 0.2) is 0 Å². The molecule has 33 heavy (non-hydrogen) atoms. The van der Waals surface area contributed by atoms with Crippen molar-refractivity contribution in [2.24, 2.45) is 0 Å². The molecule has 0 spiro atoms. The number of carbonyl (C=O) groups excluding carboxylic acids is 1. The quantitative estimate of drug-likeness (QED) is 0.399. The Balaban J connectivity index is 1.40. The molecule has 0 fully saturated rings. The van der Waals surface area contributed by atoms with E-state index in [1.165, 1.54) is 17.2 Å². The van der Waals surface area contributed by atoms with E-state index in [9.17, 15) is 9.59 Å². The van der Waals surface area contributed by atoms with Crippen LogP contribution in [0.25, 0.3) is 0 Å². The number of hydrogen-bond donors (Lipinski definition) is 1. The van der Waals surface area contributed by atoms with E-state index < -0.39 is 0 Å². The number of amides is 1. The van der Waals surface area contributed by atoms with Gasteiger partial charge < -0.3 is 9.88 Å². The lowest BCUT2D eigenvalue weighted by molar-refractivity contribution is 0.0952. The number of nitrogens with one attached hydrogen (secondary N) is 1. The van der Waals surface area contributed by atoms with Crippen molar-refractivity contribution in [2.75, 3.05) is 6.54 Å². The molecule has 0 aliphatic rings. The number of aromatic nitrogens is 1. The van der Waals surface area contributed by atoms with Gasteiger partial charge in [0.05, 0.1) is 5.56 Å². The summed E-state index contributed by atoms with van der Waals surface area (Å²) in [6, 6.07) is 33.8. The number of benzene rings is 3. The van der Waals surface area contributed by atoms with Gasteiger partial charge in [-0.1, -0.05) is 91.0 Å². The first-order chi connectivity index (χ1) is 16.2. The molecule has 4 heteroatoms. The summed E-state index contributed by atoms with van der Waals surface area (Å²) < 4.78 is 1.61. The highest BCUT2D eigenvalue weighted by molar-refractivity contribution is 5.93. The van der Waals surface area contributed by atoms with Crippen LogP contribution in [0.1, 0.15) is 39.4 Å². The molecule has 0 aliphatic carbocycles. The Labute approximate surface area is 194 Å². The fourth-order valence-electron chi connectivity index (χ4n) is 4.06. The highest BCUT2D eigenvalue weighted by Gasteiger charge is 2.15. The van der Waals surface area contributed by atoms with E-state index in [0.717, 1.165) is 18.4 Å². The van der Waals surface area contributed by atoms with Crippen molar-refractivity contribution < 1.29 is 4.79 Å². The molecule has 0 radical (unpaired) electrons. The van der Waals surface area contributed by atoms with Crippen LogP contribution in [-0.2, 0) is 13.0 Å². The minimum atomic E-state index is -0.164. The third-order valence-electron chi connectivity index (χ3n) is 5.85. The van der Waals surface area contributed by atoms with E-state index in [-0.39, 0.29) is 17.4 Å². The Bertz CT molecular complexity index is 1180. The van der Waals surface area contributed by atoms with Crippen LogP contribution in [0.3, 0.4) is 0 Å². The lowest BCUT2D eigenvalue weighted by atomic mass is 9.88. The minimum absolute atomic E-state index is 0.101. The maximum atomic E-state index is 12.8. The van der Waals surface area contributed by atoms with Crippen molar-refractivity contribution in [1.29, 1.82) is 0 Å². The summed E-state index contributed by atoms with van der Waals surface area (Å²) in [5.41, 5.74) is 4.02. The van der Waals surface area contributed by atoms with Crippen LogP contribution in [0.5, 0.6) is 0 Å². The van der Waals surface area contributed by atoms with Crippen LogP contribution < -0.4 is 10.9 Å². The summed E-state index contributed by atoms with van der Waals surface area (Å²) in [4.78, 5) is 25.1. The third kappa shape index (κ3) is 6.07. The van der Waals surface area contributed by atoms with Crippen molar-refractivity contribution in [3.8, 4) is 0 Å². The largest absolute Gasteiger partial charge is 0.352 e. The second kappa shape index (κ2) is 11.1. The highest BCUT2D eigenvalue weighted by atomic mass is 16.2. The molecule has 4 aromatic rings. The SMILES string of the molecule is O=C(NCCC(c1ccccc1)c1ccccc1)c1ccc(=O)n(CCc2ccccc2)c1. The zero-order valence-corrected chi connectivity index (χ0v) is 18.6. The Kier molecular flexibility index (Phi) is 7.49. The summed E-state index contributed by atoms with van der Waals surface area (Å²) in [6.07, 6.45) is 3.18. The molecule has 1 N–H and O–H groups in total. The predicted molar refractivity (Wildman–Crippen MR) is 133 cm³/mol. The summed E-state index contributed by atoms with van der Waals surface area (Å²) >= 11 is 0. The van der Waals surface area contributed by atoms with Crippen molar-refractivity contribution in [1.82, 2.24) is 9.88 Å². The van der Waals surface area contributed by atoms with Gasteiger partial charge >= 0.3 is 0 Å². The molecule has 0 saturated carbocycles. The molecule has 0 aliphatic heterocycles. The van der Waals surface area contributed by atoms with Crippen LogP contribution in [0.2, 0.25) is 0 Å². The van der Waals surface area contributed by atoms with E-state index in [1.807, 2.05) is 66.7 Å². The fourth-order valence-corrected chi connectivity index (χ4v) is 4.06. The standard InChI is InChI=1S/C29H28N2O2/c32-28-17-16-26(22-31(28)21-19-23-10-4-1-5-11-23)29(33)30-20-18-27(24-12-6-2-7-13-24)25-14-8-3-9-15-25/h1-17,22,27H,18-21H2,(H,30,33). The molecule has 166 valence electrons. The Morgan fingerprint density at radius 1 is 0.758 bits per heavy atom. The highest BCUT2D eigenvalue weighted by Crippen LogP contribution is 2.27. The van der Waals surface area contributed by atoms with Gasteiger partial charge in [0.25, 0.3) is 11.5 Å². The predicted octanol–water partition coefficient (Wildman–Crippen LogP) is 5.04. The first-order valence-electron chi connectivity index (χ1n) is 11.3. The monoisotopic (exact) mass is 436 g/mol. The fraction of sp³-hybridized carbons (Fsp3) is 0.172. The third-order valence-corrected chi connectivity index (χ3v) is 5.85. The molecule has 0 bridgehead atoms. The van der Waals surface area contributed by atoms with E-state index in [4.69, 9.17) is 0 Å². The number of hydrogen-bond acceptors (Lipinski definition) is 2. The zero-order valence-electron chi connectivity index (χ0n) is 18.6. The maximum absolute atomic E-state index is 12.8. The summed E-state index contributed by atoms with van der Waals surface area (Å²) in [6.45, 7) is 1.07. The van der Waals surface area contributed by atoms with Crippen LogP contribution in [0.4, 0.5) is 0 Å². The first kappa shape index (κ1) is 22.3. The smallest absolute Gasteiger partial charge is 0.252 e.